The summed E-state index contributed by atoms with van der Waals surface area (Å²) in [5.41, 5.74) is 0.962. The Bertz CT molecular complexity index is 664. The number of nitrogens with one attached hydrogen (secondary N) is 1. The summed E-state index contributed by atoms with van der Waals surface area (Å²) in [7, 11) is -2.87. The highest BCUT2D eigenvalue weighted by atomic mass is 32.2. The average molecular weight is 282 g/mol. The molecule has 0 aliphatic carbocycles. The lowest BCUT2D eigenvalue weighted by molar-refractivity contribution is 0.562. The fraction of sp³-hybridized carbons (Fsp3) is 0.417. The maximum atomic E-state index is 11.6. The van der Waals surface area contributed by atoms with Crippen molar-refractivity contribution >= 4 is 37.3 Å². The summed E-state index contributed by atoms with van der Waals surface area (Å²) in [5, 5.41) is 5.39. The number of hydrogen-bond donors (Lipinski definition) is 1. The second-order valence-corrected chi connectivity index (χ2v) is 7.63. The Morgan fingerprint density at radius 3 is 3.00 bits per heavy atom. The summed E-state index contributed by atoms with van der Waals surface area (Å²) in [6.07, 6.45) is 1.65. The second-order valence-electron chi connectivity index (χ2n) is 4.63. The van der Waals surface area contributed by atoms with Crippen molar-refractivity contribution in [2.45, 2.75) is 18.9 Å². The van der Waals surface area contributed by atoms with Gasteiger partial charge in [-0.15, -0.1) is 0 Å². The SMILES string of the molecule is O=S1(=O)CCCC(Nc2snc3ccccc23)C1. The maximum Gasteiger partial charge on any atom is 0.152 e. The van der Waals surface area contributed by atoms with Gasteiger partial charge in [-0.2, -0.15) is 4.37 Å². The molecule has 2 aromatic rings. The van der Waals surface area contributed by atoms with Crippen LogP contribution in [0.15, 0.2) is 24.3 Å². The summed E-state index contributed by atoms with van der Waals surface area (Å²) in [6.45, 7) is 0. The second kappa shape index (κ2) is 4.51. The van der Waals surface area contributed by atoms with E-state index in [1.165, 1.54) is 11.5 Å². The number of nitrogens with zero attached hydrogens (tertiary/aromatic N) is 1. The molecule has 3 rings (SSSR count). The van der Waals surface area contributed by atoms with Gasteiger partial charge in [0.1, 0.15) is 5.00 Å². The summed E-state index contributed by atoms with van der Waals surface area (Å²) in [5.74, 6) is 0.563. The highest BCUT2D eigenvalue weighted by Crippen LogP contribution is 2.29. The van der Waals surface area contributed by atoms with Gasteiger partial charge in [0.05, 0.1) is 17.0 Å². The van der Waals surface area contributed by atoms with Crippen molar-refractivity contribution in [2.24, 2.45) is 0 Å². The van der Waals surface area contributed by atoms with E-state index in [2.05, 4.69) is 9.69 Å². The molecule has 1 saturated heterocycles. The number of benzene rings is 1. The molecule has 6 heteroatoms. The first kappa shape index (κ1) is 11.9. The Kier molecular flexibility index (Phi) is 2.99. The number of hydrogen-bond acceptors (Lipinski definition) is 5. The van der Waals surface area contributed by atoms with Crippen LogP contribution in [0.25, 0.3) is 10.9 Å². The van der Waals surface area contributed by atoms with E-state index in [1.807, 2.05) is 24.3 Å². The molecule has 18 heavy (non-hydrogen) atoms. The van der Waals surface area contributed by atoms with Gasteiger partial charge in [0, 0.05) is 11.4 Å². The van der Waals surface area contributed by atoms with Gasteiger partial charge in [0.2, 0.25) is 0 Å². The molecule has 1 unspecified atom stereocenters. The van der Waals surface area contributed by atoms with Crippen molar-refractivity contribution < 1.29 is 8.42 Å². The summed E-state index contributed by atoms with van der Waals surface area (Å²) in [6, 6.07) is 7.93. The molecule has 1 fully saturated rings. The molecule has 1 N–H and O–H groups in total. The Morgan fingerprint density at radius 1 is 1.33 bits per heavy atom. The van der Waals surface area contributed by atoms with E-state index in [1.54, 1.807) is 0 Å². The number of sulfone groups is 1. The van der Waals surface area contributed by atoms with Crippen LogP contribution in [0.4, 0.5) is 5.00 Å². The predicted octanol–water partition coefficient (Wildman–Crippen LogP) is 2.29. The normalized spacial score (nSPS) is 23.0. The topological polar surface area (TPSA) is 59.1 Å². The minimum Gasteiger partial charge on any atom is -0.371 e. The highest BCUT2D eigenvalue weighted by Gasteiger charge is 2.25. The zero-order valence-corrected chi connectivity index (χ0v) is 11.4. The van der Waals surface area contributed by atoms with Crippen molar-refractivity contribution in [1.29, 1.82) is 0 Å². The van der Waals surface area contributed by atoms with Crippen LogP contribution < -0.4 is 5.32 Å². The molecule has 2 heterocycles. The fourth-order valence-corrected chi connectivity index (χ4v) is 4.79. The van der Waals surface area contributed by atoms with E-state index in [9.17, 15) is 8.42 Å². The molecular weight excluding hydrogens is 268 g/mol. The molecular formula is C12H14N2O2S2. The number of anilines is 1. The lowest BCUT2D eigenvalue weighted by Crippen LogP contribution is -2.34. The summed E-state index contributed by atoms with van der Waals surface area (Å²) >= 11 is 1.40. The highest BCUT2D eigenvalue weighted by molar-refractivity contribution is 7.91. The molecule has 0 spiro atoms. The number of rotatable bonds is 2. The summed E-state index contributed by atoms with van der Waals surface area (Å²) < 4.78 is 27.6. The van der Waals surface area contributed by atoms with Crippen LogP contribution in [0.2, 0.25) is 0 Å². The van der Waals surface area contributed by atoms with Crippen molar-refractivity contribution in [3.8, 4) is 0 Å². The molecule has 0 bridgehead atoms. The third-order valence-corrected chi connectivity index (χ3v) is 5.81. The van der Waals surface area contributed by atoms with Crippen molar-refractivity contribution in [3.63, 3.8) is 0 Å². The number of fused-ring (bicyclic) bond motifs is 1. The lowest BCUT2D eigenvalue weighted by Gasteiger charge is -2.23. The molecule has 1 aromatic carbocycles. The first-order chi connectivity index (χ1) is 8.64. The molecule has 4 nitrogen and oxygen atoms in total. The molecule has 0 saturated carbocycles. The largest absolute Gasteiger partial charge is 0.371 e. The minimum atomic E-state index is -2.87. The van der Waals surface area contributed by atoms with E-state index in [4.69, 9.17) is 0 Å². The maximum absolute atomic E-state index is 11.6. The smallest absolute Gasteiger partial charge is 0.152 e. The molecule has 96 valence electrons. The van der Waals surface area contributed by atoms with Gasteiger partial charge in [0.25, 0.3) is 0 Å². The van der Waals surface area contributed by atoms with E-state index in [-0.39, 0.29) is 11.8 Å². The van der Waals surface area contributed by atoms with Gasteiger partial charge in [-0.3, -0.25) is 0 Å². The lowest BCUT2D eigenvalue weighted by atomic mass is 10.2. The van der Waals surface area contributed by atoms with Gasteiger partial charge in [-0.1, -0.05) is 12.1 Å². The predicted molar refractivity (Wildman–Crippen MR) is 74.9 cm³/mol. The Morgan fingerprint density at radius 2 is 2.17 bits per heavy atom. The van der Waals surface area contributed by atoms with E-state index >= 15 is 0 Å². The average Bonchev–Trinajstić information content (AvgIpc) is 2.72. The van der Waals surface area contributed by atoms with E-state index in [0.29, 0.717) is 5.75 Å². The van der Waals surface area contributed by atoms with Crippen LogP contribution in [0.5, 0.6) is 0 Å². The van der Waals surface area contributed by atoms with Crippen LogP contribution in [0.1, 0.15) is 12.8 Å². The van der Waals surface area contributed by atoms with E-state index < -0.39 is 9.84 Å². The quantitative estimate of drug-likeness (QED) is 0.918. The van der Waals surface area contributed by atoms with Crippen molar-refractivity contribution in [1.82, 2.24) is 4.37 Å². The zero-order chi connectivity index (χ0) is 12.6. The standard InChI is InChI=1S/C12H14N2O2S2/c15-18(16)7-3-4-9(8-18)13-12-10-5-1-2-6-11(10)14-17-12/h1-2,5-6,9,13H,3-4,7-8H2. The van der Waals surface area contributed by atoms with Gasteiger partial charge in [-0.05, 0) is 36.5 Å². The fourth-order valence-electron chi connectivity index (χ4n) is 2.32. The zero-order valence-electron chi connectivity index (χ0n) is 9.80. The van der Waals surface area contributed by atoms with Crippen LogP contribution in [0, 0.1) is 0 Å². The molecule has 1 aliphatic rings. The third-order valence-electron chi connectivity index (χ3n) is 3.18. The van der Waals surface area contributed by atoms with Gasteiger partial charge < -0.3 is 5.32 Å². The Hall–Kier alpha value is -1.14. The van der Waals surface area contributed by atoms with Crippen molar-refractivity contribution in [2.75, 3.05) is 16.8 Å². The van der Waals surface area contributed by atoms with Crippen LogP contribution >= 0.6 is 11.5 Å². The molecule has 1 aromatic heterocycles. The third kappa shape index (κ3) is 2.35. The van der Waals surface area contributed by atoms with Crippen LogP contribution in [-0.2, 0) is 9.84 Å². The van der Waals surface area contributed by atoms with Crippen LogP contribution in [0.3, 0.4) is 0 Å². The Balaban J connectivity index is 1.84. The van der Waals surface area contributed by atoms with Crippen molar-refractivity contribution in [3.05, 3.63) is 24.3 Å². The number of aromatic nitrogens is 1. The Labute approximate surface area is 110 Å². The summed E-state index contributed by atoms with van der Waals surface area (Å²) in [4.78, 5) is 0. The molecule has 0 radical (unpaired) electrons. The first-order valence-corrected chi connectivity index (χ1v) is 8.55. The van der Waals surface area contributed by atoms with Gasteiger partial charge >= 0.3 is 0 Å². The first-order valence-electron chi connectivity index (χ1n) is 5.95. The van der Waals surface area contributed by atoms with E-state index in [0.717, 1.165) is 28.7 Å². The van der Waals surface area contributed by atoms with Crippen LogP contribution in [-0.4, -0.2) is 30.3 Å². The monoisotopic (exact) mass is 282 g/mol. The molecule has 1 atom stereocenters. The van der Waals surface area contributed by atoms with Gasteiger partial charge in [-0.25, -0.2) is 8.42 Å². The molecule has 0 amide bonds. The van der Waals surface area contributed by atoms with Gasteiger partial charge in [0.15, 0.2) is 9.84 Å². The molecule has 1 aliphatic heterocycles. The minimum absolute atomic E-state index is 0.0209.